The molecule has 0 radical (unpaired) electrons. The molecule has 0 saturated carbocycles. The minimum absolute atomic E-state index is 0.0561. The van der Waals surface area contributed by atoms with Crippen molar-refractivity contribution < 1.29 is 27.2 Å². The highest BCUT2D eigenvalue weighted by Crippen LogP contribution is 2.22. The van der Waals surface area contributed by atoms with E-state index in [0.29, 0.717) is 26.3 Å². The van der Waals surface area contributed by atoms with Gasteiger partial charge in [0.15, 0.2) is 0 Å². The van der Waals surface area contributed by atoms with Crippen LogP contribution in [0, 0.1) is 5.82 Å². The molecule has 1 fully saturated rings. The van der Waals surface area contributed by atoms with Crippen LogP contribution in [0.3, 0.4) is 0 Å². The van der Waals surface area contributed by atoms with E-state index >= 15 is 0 Å². The number of benzene rings is 2. The summed E-state index contributed by atoms with van der Waals surface area (Å²) in [5.41, 5.74) is 0.950. The molecule has 0 aliphatic carbocycles. The highest BCUT2D eigenvalue weighted by atomic mass is 32.2. The smallest absolute Gasteiger partial charge is 0.264 e. The number of hydrogen-bond donors (Lipinski definition) is 1. The third kappa shape index (κ3) is 5.66. The van der Waals surface area contributed by atoms with Gasteiger partial charge in [-0.3, -0.25) is 14.5 Å². The van der Waals surface area contributed by atoms with Crippen molar-refractivity contribution in [3.63, 3.8) is 0 Å². The first-order valence-corrected chi connectivity index (χ1v) is 11.3. The van der Waals surface area contributed by atoms with E-state index in [9.17, 15) is 17.6 Å². The number of nitrogens with zero attached hydrogens (tertiary/aromatic N) is 2. The molecule has 0 bridgehead atoms. The van der Waals surface area contributed by atoms with E-state index in [-0.39, 0.29) is 28.9 Å². The van der Waals surface area contributed by atoms with Gasteiger partial charge in [-0.25, -0.2) is 12.8 Å². The van der Waals surface area contributed by atoms with Crippen LogP contribution >= 0.6 is 0 Å². The van der Waals surface area contributed by atoms with Crippen LogP contribution in [-0.4, -0.2) is 70.7 Å². The average molecular weight is 452 g/mol. The molecule has 31 heavy (non-hydrogen) atoms. The molecule has 1 unspecified atom stereocenters. The summed E-state index contributed by atoms with van der Waals surface area (Å²) >= 11 is 0. The van der Waals surface area contributed by atoms with E-state index < -0.39 is 15.9 Å². The molecule has 1 amide bonds. The normalized spacial score (nSPS) is 16.3. The second kappa shape index (κ2) is 10.3. The number of sulfonamides is 1. The van der Waals surface area contributed by atoms with Crippen molar-refractivity contribution >= 4 is 15.9 Å². The molecule has 1 aliphatic rings. The van der Waals surface area contributed by atoms with Gasteiger partial charge >= 0.3 is 0 Å². The molecule has 168 valence electrons. The summed E-state index contributed by atoms with van der Waals surface area (Å²) in [5.74, 6) is -0.769. The van der Waals surface area contributed by atoms with Gasteiger partial charge in [-0.1, -0.05) is 22.7 Å². The number of hydrogen-bond acceptors (Lipinski definition) is 6. The molecule has 3 rings (SSSR count). The first kappa shape index (κ1) is 23.3. The van der Waals surface area contributed by atoms with Gasteiger partial charge in [0.1, 0.15) is 5.82 Å². The van der Waals surface area contributed by atoms with Crippen molar-refractivity contribution in [2.45, 2.75) is 10.9 Å². The van der Waals surface area contributed by atoms with Crippen molar-refractivity contribution in [2.75, 3.05) is 47.0 Å². The van der Waals surface area contributed by atoms with Crippen LogP contribution < -0.4 is 5.32 Å². The fourth-order valence-corrected chi connectivity index (χ4v) is 4.42. The SMILES string of the molecule is CON(C)S(=O)(=O)c1cccc(C(=O)NCC(c2cccc(F)c2)N2CCOCC2)c1. The third-order valence-electron chi connectivity index (χ3n) is 5.17. The van der Waals surface area contributed by atoms with Gasteiger partial charge in [0.2, 0.25) is 0 Å². The molecule has 1 saturated heterocycles. The summed E-state index contributed by atoms with van der Waals surface area (Å²) < 4.78 is 44.8. The molecule has 2 aromatic rings. The molecular formula is C21H26FN3O5S. The van der Waals surface area contributed by atoms with E-state index in [0.717, 1.165) is 10.0 Å². The monoisotopic (exact) mass is 451 g/mol. The molecule has 1 N–H and O–H groups in total. The lowest BCUT2D eigenvalue weighted by atomic mass is 10.0. The highest BCUT2D eigenvalue weighted by Gasteiger charge is 2.25. The van der Waals surface area contributed by atoms with E-state index in [1.165, 1.54) is 50.6 Å². The number of rotatable bonds is 8. The van der Waals surface area contributed by atoms with Gasteiger partial charge in [-0.15, -0.1) is 0 Å². The number of hydroxylamine groups is 1. The van der Waals surface area contributed by atoms with Crippen LogP contribution in [0.4, 0.5) is 4.39 Å². The van der Waals surface area contributed by atoms with Crippen molar-refractivity contribution in [2.24, 2.45) is 0 Å². The van der Waals surface area contributed by atoms with E-state index in [1.54, 1.807) is 6.07 Å². The molecule has 1 atom stereocenters. The Labute approximate surface area is 181 Å². The van der Waals surface area contributed by atoms with Crippen molar-refractivity contribution in [1.82, 2.24) is 14.7 Å². The Bertz CT molecular complexity index is 1010. The summed E-state index contributed by atoms with van der Waals surface area (Å²) in [6.07, 6.45) is 0. The van der Waals surface area contributed by atoms with Crippen molar-refractivity contribution in [1.29, 1.82) is 0 Å². The highest BCUT2D eigenvalue weighted by molar-refractivity contribution is 7.89. The molecule has 0 aromatic heterocycles. The summed E-state index contributed by atoms with van der Waals surface area (Å²) in [6, 6.07) is 11.8. The van der Waals surface area contributed by atoms with Crippen LogP contribution in [0.5, 0.6) is 0 Å². The molecule has 0 spiro atoms. The summed E-state index contributed by atoms with van der Waals surface area (Å²) in [6.45, 7) is 2.68. The van der Waals surface area contributed by atoms with Gasteiger partial charge in [-0.05, 0) is 35.9 Å². The molecule has 2 aromatic carbocycles. The maximum Gasteiger partial charge on any atom is 0.264 e. The first-order chi connectivity index (χ1) is 14.8. The van der Waals surface area contributed by atoms with Crippen LogP contribution in [0.2, 0.25) is 0 Å². The van der Waals surface area contributed by atoms with Crippen molar-refractivity contribution in [3.8, 4) is 0 Å². The van der Waals surface area contributed by atoms with Gasteiger partial charge in [0.25, 0.3) is 15.9 Å². The van der Waals surface area contributed by atoms with Gasteiger partial charge in [0, 0.05) is 32.2 Å². The largest absolute Gasteiger partial charge is 0.379 e. The zero-order valence-corrected chi connectivity index (χ0v) is 18.3. The molecule has 1 heterocycles. The fraction of sp³-hybridized carbons (Fsp3) is 0.381. The van der Waals surface area contributed by atoms with Gasteiger partial charge in [-0.2, -0.15) is 0 Å². The predicted octanol–water partition coefficient (Wildman–Crippen LogP) is 1.81. The summed E-state index contributed by atoms with van der Waals surface area (Å²) in [5, 5.41) is 2.85. The molecule has 1 aliphatic heterocycles. The predicted molar refractivity (Wildman–Crippen MR) is 112 cm³/mol. The standard InChI is InChI=1S/C21H26FN3O5S/c1-24(29-2)31(27,28)19-8-4-6-17(14-19)21(26)23-15-20(25-9-11-30-12-10-25)16-5-3-7-18(22)13-16/h3-8,13-14,20H,9-12,15H2,1-2H3,(H,23,26). The summed E-state index contributed by atoms with van der Waals surface area (Å²) in [7, 11) is -1.36. The average Bonchev–Trinajstić information content (AvgIpc) is 2.79. The lowest BCUT2D eigenvalue weighted by Crippen LogP contribution is -2.43. The maximum atomic E-state index is 13.8. The molecular weight excluding hydrogens is 425 g/mol. The fourth-order valence-electron chi connectivity index (χ4n) is 3.40. The Morgan fingerprint density at radius 1 is 1.23 bits per heavy atom. The zero-order valence-electron chi connectivity index (χ0n) is 17.5. The number of halogens is 1. The number of amides is 1. The second-order valence-corrected chi connectivity index (χ2v) is 8.99. The maximum absolute atomic E-state index is 13.8. The Kier molecular flexibility index (Phi) is 7.74. The van der Waals surface area contributed by atoms with Crippen LogP contribution in [-0.2, 0) is 19.6 Å². The van der Waals surface area contributed by atoms with Crippen LogP contribution in [0.1, 0.15) is 22.0 Å². The summed E-state index contributed by atoms with van der Waals surface area (Å²) in [4.78, 5) is 19.6. The second-order valence-electron chi connectivity index (χ2n) is 7.05. The quantitative estimate of drug-likeness (QED) is 0.616. The van der Waals surface area contributed by atoms with E-state index in [2.05, 4.69) is 10.2 Å². The number of morpholine rings is 1. The first-order valence-electron chi connectivity index (χ1n) is 9.81. The van der Waals surface area contributed by atoms with Crippen molar-refractivity contribution in [3.05, 3.63) is 65.5 Å². The Hall–Kier alpha value is -2.37. The minimum atomic E-state index is -3.87. The number of ether oxygens (including phenoxy) is 1. The van der Waals surface area contributed by atoms with Crippen LogP contribution in [0.15, 0.2) is 53.4 Å². The Morgan fingerprint density at radius 3 is 2.61 bits per heavy atom. The molecule has 8 nitrogen and oxygen atoms in total. The number of carbonyl (C=O) groups excluding carboxylic acids is 1. The Balaban J connectivity index is 1.77. The van der Waals surface area contributed by atoms with Gasteiger partial charge < -0.3 is 10.1 Å². The lowest BCUT2D eigenvalue weighted by molar-refractivity contribution is -0.0258. The molecule has 10 heteroatoms. The topological polar surface area (TPSA) is 88.2 Å². The third-order valence-corrected chi connectivity index (χ3v) is 6.84. The van der Waals surface area contributed by atoms with E-state index in [4.69, 9.17) is 9.57 Å². The van der Waals surface area contributed by atoms with E-state index in [1.807, 2.05) is 6.07 Å². The number of carbonyl (C=O) groups is 1. The van der Waals surface area contributed by atoms with Crippen LogP contribution in [0.25, 0.3) is 0 Å². The van der Waals surface area contributed by atoms with Gasteiger partial charge in [0.05, 0.1) is 31.3 Å². The zero-order chi connectivity index (χ0) is 22.4. The minimum Gasteiger partial charge on any atom is -0.379 e. The lowest BCUT2D eigenvalue weighted by Gasteiger charge is -2.35. The number of nitrogens with one attached hydrogen (secondary N) is 1. The Morgan fingerprint density at radius 2 is 1.94 bits per heavy atom.